The van der Waals surface area contributed by atoms with Crippen LogP contribution >= 0.6 is 0 Å². The molecule has 1 amide bonds. The Hall–Kier alpha value is -0.730. The fourth-order valence-electron chi connectivity index (χ4n) is 3.99. The van der Waals surface area contributed by atoms with Gasteiger partial charge in [0.15, 0.2) is 0 Å². The highest BCUT2D eigenvalue weighted by Gasteiger charge is 2.73. The summed E-state index contributed by atoms with van der Waals surface area (Å²) in [6.45, 7) is 5.82. The average Bonchev–Trinajstić information content (AvgIpc) is 2.48. The lowest BCUT2D eigenvalue weighted by atomic mass is 9.98. The van der Waals surface area contributed by atoms with Crippen LogP contribution in [0.5, 0.6) is 0 Å². The van der Waals surface area contributed by atoms with Gasteiger partial charge in [0.25, 0.3) is 0 Å². The van der Waals surface area contributed by atoms with Gasteiger partial charge in [-0.15, -0.1) is 0 Å². The van der Waals surface area contributed by atoms with Gasteiger partial charge >= 0.3 is 6.09 Å². The summed E-state index contributed by atoms with van der Waals surface area (Å²) in [6.07, 6.45) is 6.26. The summed E-state index contributed by atoms with van der Waals surface area (Å²) in [5.41, 5.74) is -0.124. The first kappa shape index (κ1) is 10.4. The van der Waals surface area contributed by atoms with E-state index in [0.29, 0.717) is 6.04 Å². The van der Waals surface area contributed by atoms with Crippen LogP contribution in [0.1, 0.15) is 52.9 Å². The van der Waals surface area contributed by atoms with E-state index < -0.39 is 0 Å². The molecule has 0 aromatic heterocycles. The standard InChI is InChI=1S/C13H21NO2/c1-12(2,3)16-11(15)14-10-7-6-9-5-4-8-13(9,10)14/h9-10H,4-8H2,1-3H3. The van der Waals surface area contributed by atoms with Crippen molar-refractivity contribution in [2.75, 3.05) is 0 Å². The zero-order valence-electron chi connectivity index (χ0n) is 10.5. The lowest BCUT2D eigenvalue weighted by Crippen LogP contribution is -2.33. The first-order valence-corrected chi connectivity index (χ1v) is 6.47. The van der Waals surface area contributed by atoms with Crippen LogP contribution < -0.4 is 0 Å². The predicted molar refractivity (Wildman–Crippen MR) is 61.2 cm³/mol. The van der Waals surface area contributed by atoms with E-state index in [9.17, 15) is 4.79 Å². The number of likely N-dealkylation sites (tertiary alicyclic amines) is 1. The third kappa shape index (κ3) is 1.23. The van der Waals surface area contributed by atoms with Crippen LogP contribution in [0, 0.1) is 5.92 Å². The molecule has 0 aromatic rings. The Bertz CT molecular complexity index is 331. The van der Waals surface area contributed by atoms with Gasteiger partial charge in [-0.3, -0.25) is 4.90 Å². The largest absolute Gasteiger partial charge is 0.444 e. The number of amides is 1. The summed E-state index contributed by atoms with van der Waals surface area (Å²) in [6, 6.07) is 0.509. The first-order chi connectivity index (χ1) is 7.45. The second-order valence-corrected chi connectivity index (χ2v) is 6.52. The summed E-state index contributed by atoms with van der Waals surface area (Å²) in [5, 5.41) is 0. The summed E-state index contributed by atoms with van der Waals surface area (Å²) < 4.78 is 5.49. The van der Waals surface area contributed by atoms with Crippen LogP contribution in [-0.4, -0.2) is 28.2 Å². The van der Waals surface area contributed by atoms with E-state index in [4.69, 9.17) is 4.74 Å². The van der Waals surface area contributed by atoms with E-state index in [-0.39, 0.29) is 17.2 Å². The molecule has 3 aliphatic rings. The highest BCUT2D eigenvalue weighted by molar-refractivity contribution is 5.75. The molecular formula is C13H21NO2. The Balaban J connectivity index is 1.73. The zero-order valence-corrected chi connectivity index (χ0v) is 10.5. The van der Waals surface area contributed by atoms with Crippen molar-refractivity contribution in [2.24, 2.45) is 5.92 Å². The molecule has 3 rings (SSSR count). The minimum absolute atomic E-state index is 0.0795. The number of hydrogen-bond acceptors (Lipinski definition) is 2. The second kappa shape index (κ2) is 2.93. The van der Waals surface area contributed by atoms with Gasteiger partial charge < -0.3 is 4.74 Å². The quantitative estimate of drug-likeness (QED) is 0.591. The molecular weight excluding hydrogens is 202 g/mol. The van der Waals surface area contributed by atoms with Gasteiger partial charge in [-0.2, -0.15) is 0 Å². The van der Waals surface area contributed by atoms with Crippen molar-refractivity contribution in [1.29, 1.82) is 0 Å². The topological polar surface area (TPSA) is 29.3 Å². The number of rotatable bonds is 0. The van der Waals surface area contributed by atoms with Gasteiger partial charge in [0.05, 0.1) is 11.6 Å². The maximum Gasteiger partial charge on any atom is 0.411 e. The van der Waals surface area contributed by atoms with Gasteiger partial charge in [0, 0.05) is 0 Å². The lowest BCUT2D eigenvalue weighted by Gasteiger charge is -2.23. The van der Waals surface area contributed by atoms with Crippen LogP contribution in [0.2, 0.25) is 0 Å². The summed E-state index contributed by atoms with van der Waals surface area (Å²) in [5.74, 6) is 0.769. The Labute approximate surface area is 97.1 Å². The number of hydrogen-bond donors (Lipinski definition) is 0. The third-order valence-corrected chi connectivity index (χ3v) is 4.49. The first-order valence-electron chi connectivity index (χ1n) is 6.47. The second-order valence-electron chi connectivity index (χ2n) is 6.52. The Morgan fingerprint density at radius 2 is 2.06 bits per heavy atom. The summed E-state index contributed by atoms with van der Waals surface area (Å²) in [7, 11) is 0. The number of carbonyl (C=O) groups is 1. The SMILES string of the molecule is CC(C)(C)OC(=O)N1C2CCC3CCCC321. The van der Waals surface area contributed by atoms with Crippen molar-refractivity contribution < 1.29 is 9.53 Å². The maximum absolute atomic E-state index is 12.1. The molecule has 3 nitrogen and oxygen atoms in total. The molecule has 1 heterocycles. The normalized spacial score (nSPS) is 40.6. The molecule has 0 N–H and O–H groups in total. The van der Waals surface area contributed by atoms with Crippen LogP contribution in [0.3, 0.4) is 0 Å². The predicted octanol–water partition coefficient (Wildman–Crippen LogP) is 2.94. The van der Waals surface area contributed by atoms with Crippen LogP contribution in [-0.2, 0) is 4.74 Å². The van der Waals surface area contributed by atoms with Gasteiger partial charge in [-0.1, -0.05) is 6.42 Å². The zero-order chi connectivity index (χ0) is 11.6. The van der Waals surface area contributed by atoms with Crippen molar-refractivity contribution in [3.8, 4) is 0 Å². The molecule has 3 fully saturated rings. The molecule has 2 saturated carbocycles. The minimum atomic E-state index is -0.362. The monoisotopic (exact) mass is 223 g/mol. The van der Waals surface area contributed by atoms with E-state index in [1.54, 1.807) is 0 Å². The van der Waals surface area contributed by atoms with E-state index >= 15 is 0 Å². The molecule has 2 aliphatic carbocycles. The summed E-state index contributed by atoms with van der Waals surface area (Å²) in [4.78, 5) is 14.1. The van der Waals surface area contributed by atoms with Gasteiger partial charge in [-0.25, -0.2) is 4.79 Å². The Morgan fingerprint density at radius 1 is 1.31 bits per heavy atom. The fraction of sp³-hybridized carbons (Fsp3) is 0.923. The van der Waals surface area contributed by atoms with Gasteiger partial charge in [0.2, 0.25) is 0 Å². The van der Waals surface area contributed by atoms with E-state index in [1.807, 2.05) is 25.7 Å². The van der Waals surface area contributed by atoms with E-state index in [0.717, 1.165) is 5.92 Å². The average molecular weight is 223 g/mol. The third-order valence-electron chi connectivity index (χ3n) is 4.49. The molecule has 3 heteroatoms. The molecule has 1 spiro atoms. The highest BCUT2D eigenvalue weighted by atomic mass is 16.6. The van der Waals surface area contributed by atoms with E-state index in [1.165, 1.54) is 32.1 Å². The van der Waals surface area contributed by atoms with Crippen molar-refractivity contribution in [2.45, 2.75) is 70.1 Å². The Kier molecular flexibility index (Phi) is 1.91. The molecule has 1 aliphatic heterocycles. The van der Waals surface area contributed by atoms with Crippen LogP contribution in [0.15, 0.2) is 0 Å². The fourth-order valence-corrected chi connectivity index (χ4v) is 3.99. The van der Waals surface area contributed by atoms with Crippen molar-refractivity contribution in [3.05, 3.63) is 0 Å². The molecule has 16 heavy (non-hydrogen) atoms. The highest BCUT2D eigenvalue weighted by Crippen LogP contribution is 2.64. The van der Waals surface area contributed by atoms with Gasteiger partial charge in [-0.05, 0) is 52.4 Å². The molecule has 1 saturated heterocycles. The Morgan fingerprint density at radius 3 is 2.75 bits per heavy atom. The lowest BCUT2D eigenvalue weighted by molar-refractivity contribution is 0.0340. The molecule has 3 unspecified atom stereocenters. The number of piperidine rings is 1. The molecule has 0 radical (unpaired) electrons. The van der Waals surface area contributed by atoms with E-state index in [2.05, 4.69) is 0 Å². The van der Waals surface area contributed by atoms with Gasteiger partial charge in [0.1, 0.15) is 5.60 Å². The number of nitrogens with zero attached hydrogens (tertiary/aromatic N) is 1. The number of ether oxygens (including phenoxy) is 1. The molecule has 0 bridgehead atoms. The van der Waals surface area contributed by atoms with Crippen molar-refractivity contribution in [3.63, 3.8) is 0 Å². The van der Waals surface area contributed by atoms with Crippen LogP contribution in [0.4, 0.5) is 4.79 Å². The maximum atomic E-state index is 12.1. The smallest absolute Gasteiger partial charge is 0.411 e. The summed E-state index contributed by atoms with van der Waals surface area (Å²) >= 11 is 0. The van der Waals surface area contributed by atoms with Crippen molar-refractivity contribution >= 4 is 6.09 Å². The van der Waals surface area contributed by atoms with Crippen molar-refractivity contribution in [1.82, 2.24) is 4.90 Å². The number of carbonyl (C=O) groups excluding carboxylic acids is 1. The molecule has 90 valence electrons. The minimum Gasteiger partial charge on any atom is -0.444 e. The molecule has 3 atom stereocenters. The molecule has 0 aromatic carbocycles. The van der Waals surface area contributed by atoms with Crippen LogP contribution in [0.25, 0.3) is 0 Å².